The number of hydrogen-bond donors (Lipinski definition) is 4. The zero-order valence-electron chi connectivity index (χ0n) is 34.3. The molecule has 1 atom stereocenters. The lowest BCUT2D eigenvalue weighted by molar-refractivity contribution is -0.136. The van der Waals surface area contributed by atoms with Crippen LogP contribution in [0.5, 0.6) is 11.5 Å². The highest BCUT2D eigenvalue weighted by molar-refractivity contribution is 6.25. The summed E-state index contributed by atoms with van der Waals surface area (Å²) in [6.07, 6.45) is 2.46. The predicted octanol–water partition coefficient (Wildman–Crippen LogP) is 1.45. The number of imide groups is 2. The fraction of sp³-hybridized carbons (Fsp3) is 0.439. The summed E-state index contributed by atoms with van der Waals surface area (Å²) < 4.78 is 24.3. The smallest absolute Gasteiger partial charge is 0.317 e. The van der Waals surface area contributed by atoms with E-state index in [0.717, 1.165) is 27.2 Å². The number of anilines is 1. The van der Waals surface area contributed by atoms with Crippen molar-refractivity contribution in [1.29, 1.82) is 0 Å². The number of nitrogens with one attached hydrogen (secondary N) is 3. The van der Waals surface area contributed by atoms with Crippen LogP contribution in [0.25, 0.3) is 11.1 Å². The topological polar surface area (TPSA) is 227 Å². The summed E-state index contributed by atoms with van der Waals surface area (Å²) in [6.45, 7) is 2.69. The number of aryl methyl sites for hydroxylation is 1. The monoisotopic (exact) mass is 833 g/mol. The van der Waals surface area contributed by atoms with E-state index in [1.54, 1.807) is 42.9 Å². The second kappa shape index (κ2) is 20.6. The largest absolute Gasteiger partial charge is 0.496 e. The van der Waals surface area contributed by atoms with Crippen LogP contribution in [-0.2, 0) is 50.4 Å². The molecule has 4 heterocycles. The molecular formula is C41H51N7O12. The number of aromatic nitrogens is 1. The molecule has 1 unspecified atom stereocenters. The highest BCUT2D eigenvalue weighted by Gasteiger charge is 2.45. The molecule has 6 amide bonds. The lowest BCUT2D eigenvalue weighted by Gasteiger charge is -2.30. The van der Waals surface area contributed by atoms with Gasteiger partial charge >= 0.3 is 6.03 Å². The molecule has 19 heteroatoms. The first-order valence-electron chi connectivity index (χ1n) is 19.3. The Bertz CT molecular complexity index is 2150. The molecular weight excluding hydrogens is 782 g/mol. The first-order valence-corrected chi connectivity index (χ1v) is 19.3. The van der Waals surface area contributed by atoms with Gasteiger partial charge in [-0.1, -0.05) is 6.07 Å². The number of amides is 6. The minimum atomic E-state index is -1.04. The number of carbonyl (C=O) groups excluding carboxylic acids is 5. The molecule has 3 aliphatic rings. The van der Waals surface area contributed by atoms with Gasteiger partial charge < -0.3 is 49.1 Å². The number of carbonyl (C=O) groups is 6. The van der Waals surface area contributed by atoms with Crippen molar-refractivity contribution in [3.05, 3.63) is 74.7 Å². The third kappa shape index (κ3) is 10.1. The van der Waals surface area contributed by atoms with Gasteiger partial charge in [-0.2, -0.15) is 0 Å². The van der Waals surface area contributed by atoms with E-state index in [0.29, 0.717) is 48.8 Å². The number of methoxy groups -OCH3 is 2. The van der Waals surface area contributed by atoms with Crippen molar-refractivity contribution in [3.8, 4) is 22.6 Å². The van der Waals surface area contributed by atoms with Crippen LogP contribution in [0.1, 0.15) is 50.2 Å². The number of hydrogen-bond acceptors (Lipinski definition) is 13. The fourth-order valence-corrected chi connectivity index (χ4v) is 7.42. The standard InChI is InChI=1S/C40H49N7O10.CH2O2/c1-44(2)21-29-32(54-4)19-24(20-33(29)55-5)27-22-45(3)37(50)28-23-46(14-11-25(27)28)40(53)42-13-16-57-18-17-56-15-12-41-30-8-6-7-26-35(30)39(52)47(38(26)51)31-9-10-34(48)43-36(31)49;2-1-3/h6-8,19-20,22,31,41H,9-18,21,23H2,1-5H3,(H,42,53)(H,43,48,49);1H,(H,2,3). The summed E-state index contributed by atoms with van der Waals surface area (Å²) in [6, 6.07) is 7.47. The number of carboxylic acid groups (broad SMARTS) is 1. The normalized spacial score (nSPS) is 15.8. The molecule has 1 fully saturated rings. The summed E-state index contributed by atoms with van der Waals surface area (Å²) in [5.74, 6) is -0.866. The Balaban J connectivity index is 0.00000221. The second-order valence-corrected chi connectivity index (χ2v) is 14.3. The predicted molar refractivity (Wildman–Crippen MR) is 217 cm³/mol. The second-order valence-electron chi connectivity index (χ2n) is 14.3. The SMILES string of the molecule is COc1cc(-c2cn(C)c(=O)c3c2CCN(C(=O)NCCOCCOCCNc2cccc4c2C(=O)N(C2CCC(=O)NC2=O)C4=O)C3)cc(OC)c1CN(C)C.O=CO. The van der Waals surface area contributed by atoms with Gasteiger partial charge in [0.1, 0.15) is 17.5 Å². The average Bonchev–Trinajstić information content (AvgIpc) is 3.48. The van der Waals surface area contributed by atoms with Crippen molar-refractivity contribution < 1.29 is 52.8 Å². The van der Waals surface area contributed by atoms with Gasteiger partial charge in [0, 0.05) is 62.7 Å². The van der Waals surface area contributed by atoms with Gasteiger partial charge in [0.05, 0.1) is 63.9 Å². The zero-order chi connectivity index (χ0) is 43.5. The Morgan fingerprint density at radius 1 is 0.933 bits per heavy atom. The molecule has 2 aromatic carbocycles. The van der Waals surface area contributed by atoms with Crippen molar-refractivity contribution in [2.45, 2.75) is 38.4 Å². The van der Waals surface area contributed by atoms with Crippen LogP contribution in [-0.4, -0.2) is 141 Å². The van der Waals surface area contributed by atoms with Gasteiger partial charge in [-0.25, -0.2) is 4.79 Å². The molecule has 6 rings (SSSR count). The van der Waals surface area contributed by atoms with E-state index in [9.17, 15) is 28.8 Å². The van der Waals surface area contributed by atoms with Crippen molar-refractivity contribution in [1.82, 2.24) is 29.9 Å². The minimum Gasteiger partial charge on any atom is -0.496 e. The van der Waals surface area contributed by atoms with Crippen LogP contribution in [0, 0.1) is 0 Å². The number of piperidine rings is 1. The quantitative estimate of drug-likeness (QED) is 0.0911. The Morgan fingerprint density at radius 2 is 1.60 bits per heavy atom. The van der Waals surface area contributed by atoms with Crippen LogP contribution in [0.15, 0.2) is 41.3 Å². The summed E-state index contributed by atoms with van der Waals surface area (Å²) in [4.78, 5) is 89.6. The summed E-state index contributed by atoms with van der Waals surface area (Å²) >= 11 is 0. The first-order chi connectivity index (χ1) is 28.8. The van der Waals surface area contributed by atoms with Gasteiger partial charge in [0.25, 0.3) is 23.8 Å². The maximum Gasteiger partial charge on any atom is 0.317 e. The molecule has 322 valence electrons. The third-order valence-electron chi connectivity index (χ3n) is 10.2. The molecule has 0 radical (unpaired) electrons. The van der Waals surface area contributed by atoms with Crippen LogP contribution in [0.2, 0.25) is 0 Å². The van der Waals surface area contributed by atoms with E-state index in [-0.39, 0.29) is 81.5 Å². The number of urea groups is 1. The highest BCUT2D eigenvalue weighted by Crippen LogP contribution is 2.38. The Labute approximate surface area is 346 Å². The van der Waals surface area contributed by atoms with Crippen LogP contribution >= 0.6 is 0 Å². The maximum absolute atomic E-state index is 13.3. The lowest BCUT2D eigenvalue weighted by atomic mass is 9.91. The maximum atomic E-state index is 13.3. The Kier molecular flexibility index (Phi) is 15.4. The lowest BCUT2D eigenvalue weighted by Crippen LogP contribution is -2.54. The number of rotatable bonds is 16. The Hall–Kier alpha value is -6.31. The summed E-state index contributed by atoms with van der Waals surface area (Å²) in [5.41, 5.74) is 4.82. The molecule has 1 saturated heterocycles. The minimum absolute atomic E-state index is 0.0471. The van der Waals surface area contributed by atoms with Crippen molar-refractivity contribution in [2.24, 2.45) is 7.05 Å². The molecule has 3 aliphatic heterocycles. The van der Waals surface area contributed by atoms with Crippen molar-refractivity contribution in [2.75, 3.05) is 79.7 Å². The molecule has 3 aromatic rings. The molecule has 1 aromatic heterocycles. The zero-order valence-corrected chi connectivity index (χ0v) is 34.3. The average molecular weight is 834 g/mol. The number of ether oxygens (including phenoxy) is 4. The van der Waals surface area contributed by atoms with Gasteiger partial charge in [-0.3, -0.25) is 39.0 Å². The molecule has 0 spiro atoms. The number of pyridine rings is 1. The molecule has 19 nitrogen and oxygen atoms in total. The summed E-state index contributed by atoms with van der Waals surface area (Å²) in [5, 5.41) is 15.1. The summed E-state index contributed by atoms with van der Waals surface area (Å²) in [7, 11) is 8.91. The van der Waals surface area contributed by atoms with Gasteiger partial charge in [-0.15, -0.1) is 0 Å². The van der Waals surface area contributed by atoms with Crippen molar-refractivity contribution in [3.63, 3.8) is 0 Å². The van der Waals surface area contributed by atoms with Gasteiger partial charge in [0.15, 0.2) is 0 Å². The van der Waals surface area contributed by atoms with E-state index in [4.69, 9.17) is 28.8 Å². The van der Waals surface area contributed by atoms with Crippen LogP contribution in [0.3, 0.4) is 0 Å². The number of nitrogens with zero attached hydrogens (tertiary/aromatic N) is 4. The Morgan fingerprint density at radius 3 is 2.23 bits per heavy atom. The molecule has 0 saturated carbocycles. The van der Waals surface area contributed by atoms with Gasteiger partial charge in [-0.05, 0) is 62.3 Å². The molecule has 60 heavy (non-hydrogen) atoms. The number of fused-ring (bicyclic) bond motifs is 2. The van der Waals surface area contributed by atoms with E-state index >= 15 is 0 Å². The van der Waals surface area contributed by atoms with E-state index in [2.05, 4.69) is 16.0 Å². The molecule has 4 N–H and O–H groups in total. The van der Waals surface area contributed by atoms with Crippen LogP contribution < -0.4 is 31.0 Å². The van der Waals surface area contributed by atoms with Gasteiger partial charge in [0.2, 0.25) is 11.8 Å². The van der Waals surface area contributed by atoms with E-state index < -0.39 is 29.7 Å². The first kappa shape index (κ1) is 44.8. The third-order valence-corrected chi connectivity index (χ3v) is 10.2. The molecule has 0 bridgehead atoms. The number of benzene rings is 2. The van der Waals surface area contributed by atoms with Crippen molar-refractivity contribution >= 4 is 41.8 Å². The van der Waals surface area contributed by atoms with Crippen LogP contribution in [0.4, 0.5) is 10.5 Å². The van der Waals surface area contributed by atoms with E-state index in [1.165, 1.54) is 6.07 Å². The highest BCUT2D eigenvalue weighted by atomic mass is 16.5. The fourth-order valence-electron chi connectivity index (χ4n) is 7.42. The van der Waals surface area contributed by atoms with E-state index in [1.807, 2.05) is 37.3 Å². The molecule has 0 aliphatic carbocycles.